The van der Waals surface area contributed by atoms with Gasteiger partial charge < -0.3 is 21.1 Å². The topological polar surface area (TPSA) is 128 Å². The second kappa shape index (κ2) is 9.32. The maximum atomic E-state index is 14.8. The molecule has 0 spiro atoms. The monoisotopic (exact) mass is 451 g/mol. The van der Waals surface area contributed by atoms with Crippen LogP contribution in [0, 0.1) is 23.1 Å². The largest absolute Gasteiger partial charge is 0.465 e. The Kier molecular flexibility index (Phi) is 6.31. The number of carboxylic acid groups (broad SMARTS) is 1. The number of hydrogen-bond acceptors (Lipinski definition) is 6. The first-order valence-corrected chi connectivity index (χ1v) is 11.0. The van der Waals surface area contributed by atoms with E-state index in [9.17, 15) is 19.6 Å². The number of hydrogen-bond donors (Lipinski definition) is 4. The van der Waals surface area contributed by atoms with Crippen LogP contribution in [0.5, 0.6) is 0 Å². The minimum Gasteiger partial charge on any atom is -0.465 e. The molecule has 172 valence electrons. The number of nitrogens with one attached hydrogen (secondary N) is 3. The van der Waals surface area contributed by atoms with Gasteiger partial charge in [-0.2, -0.15) is 10.4 Å². The first kappa shape index (κ1) is 22.3. The number of benzene rings is 1. The van der Waals surface area contributed by atoms with Crippen molar-refractivity contribution in [1.82, 2.24) is 20.1 Å². The highest BCUT2D eigenvalue weighted by atomic mass is 19.1. The lowest BCUT2D eigenvalue weighted by Gasteiger charge is -2.28. The second-order valence-electron chi connectivity index (χ2n) is 8.16. The number of rotatable bonds is 9. The molecule has 0 radical (unpaired) electrons. The number of carbonyl (C=O) groups is 1. The number of halogens is 1. The molecule has 1 aliphatic rings. The van der Waals surface area contributed by atoms with Crippen LogP contribution < -0.4 is 16.0 Å². The molecule has 1 fully saturated rings. The van der Waals surface area contributed by atoms with E-state index in [1.165, 1.54) is 0 Å². The number of aromatic nitrogens is 3. The quantitative estimate of drug-likeness (QED) is 0.379. The van der Waals surface area contributed by atoms with Crippen molar-refractivity contribution in [2.45, 2.75) is 51.7 Å². The summed E-state index contributed by atoms with van der Waals surface area (Å²) in [4.78, 5) is 15.6. The Morgan fingerprint density at radius 1 is 1.33 bits per heavy atom. The molecular formula is C23H26FN7O2. The molecule has 9 nitrogen and oxygen atoms in total. The SMILES string of the molecule is CC[C@H](NC(=O)O)[C@@H](Nc1nc(Nc2ccc3c(cnn3CC)c2)c(C#N)cc1F)C1CC1. The minimum absolute atomic E-state index is 0.0149. The summed E-state index contributed by atoms with van der Waals surface area (Å²) in [6, 6.07) is 8.11. The van der Waals surface area contributed by atoms with Gasteiger partial charge in [-0.05, 0) is 56.4 Å². The van der Waals surface area contributed by atoms with Crippen LogP contribution in [-0.4, -0.2) is 38.0 Å². The molecule has 4 N–H and O–H groups in total. The predicted octanol–water partition coefficient (Wildman–Crippen LogP) is 4.44. The third-order valence-corrected chi connectivity index (χ3v) is 5.92. The van der Waals surface area contributed by atoms with E-state index in [1.54, 1.807) is 6.20 Å². The van der Waals surface area contributed by atoms with Crippen molar-refractivity contribution in [2.75, 3.05) is 10.6 Å². The average Bonchev–Trinajstić information content (AvgIpc) is 3.56. The van der Waals surface area contributed by atoms with Crippen LogP contribution in [0.15, 0.2) is 30.5 Å². The first-order chi connectivity index (χ1) is 15.9. The minimum atomic E-state index is -1.12. The van der Waals surface area contributed by atoms with Crippen LogP contribution >= 0.6 is 0 Å². The fourth-order valence-electron chi connectivity index (χ4n) is 4.09. The van der Waals surface area contributed by atoms with Crippen LogP contribution in [0.3, 0.4) is 0 Å². The van der Waals surface area contributed by atoms with E-state index >= 15 is 0 Å². The summed E-state index contributed by atoms with van der Waals surface area (Å²) >= 11 is 0. The second-order valence-corrected chi connectivity index (χ2v) is 8.16. The fourth-order valence-corrected chi connectivity index (χ4v) is 4.09. The highest BCUT2D eigenvalue weighted by Crippen LogP contribution is 2.37. The Balaban J connectivity index is 1.63. The zero-order valence-electron chi connectivity index (χ0n) is 18.5. The van der Waals surface area contributed by atoms with Gasteiger partial charge in [-0.15, -0.1) is 0 Å². The standard InChI is InChI=1S/C23H26FN7O2/c1-3-18(28-23(32)33)20(13-5-6-13)29-22-17(24)10-14(11-25)21(30-22)27-16-7-8-19-15(9-16)12-26-31(19)4-2/h7-10,12-13,18,20,28H,3-6H2,1-2H3,(H,32,33)(H2,27,29,30)/t18-,20-/m0/s1. The van der Waals surface area contributed by atoms with Gasteiger partial charge in [-0.3, -0.25) is 4.68 Å². The molecule has 3 aromatic rings. The van der Waals surface area contributed by atoms with E-state index < -0.39 is 11.9 Å². The Labute approximate surface area is 190 Å². The van der Waals surface area contributed by atoms with Gasteiger partial charge in [-0.1, -0.05) is 6.92 Å². The lowest BCUT2D eigenvalue weighted by Crippen LogP contribution is -2.47. The highest BCUT2D eigenvalue weighted by Gasteiger charge is 2.37. The molecule has 0 bridgehead atoms. The molecule has 10 heteroatoms. The summed E-state index contributed by atoms with van der Waals surface area (Å²) in [7, 11) is 0. The maximum Gasteiger partial charge on any atom is 0.404 e. The van der Waals surface area contributed by atoms with Crippen molar-refractivity contribution < 1.29 is 14.3 Å². The van der Waals surface area contributed by atoms with Gasteiger partial charge in [0.2, 0.25) is 0 Å². The van der Waals surface area contributed by atoms with Gasteiger partial charge in [-0.25, -0.2) is 14.2 Å². The maximum absolute atomic E-state index is 14.8. The molecule has 2 atom stereocenters. The molecule has 1 amide bonds. The normalized spacial score (nSPS) is 15.0. The van der Waals surface area contributed by atoms with Crippen LogP contribution in [0.2, 0.25) is 0 Å². The Bertz CT molecular complexity index is 1220. The number of nitrogens with zero attached hydrogens (tertiary/aromatic N) is 4. The summed E-state index contributed by atoms with van der Waals surface area (Å²) < 4.78 is 16.7. The molecule has 1 aliphatic carbocycles. The number of amides is 1. The molecule has 2 aromatic heterocycles. The molecule has 33 heavy (non-hydrogen) atoms. The molecule has 1 saturated carbocycles. The van der Waals surface area contributed by atoms with Gasteiger partial charge in [0.05, 0.1) is 29.4 Å². The highest BCUT2D eigenvalue weighted by molar-refractivity contribution is 5.83. The van der Waals surface area contributed by atoms with E-state index in [1.807, 2.05) is 42.8 Å². The van der Waals surface area contributed by atoms with Gasteiger partial charge in [0.15, 0.2) is 17.5 Å². The zero-order valence-corrected chi connectivity index (χ0v) is 18.5. The zero-order chi connectivity index (χ0) is 23.5. The summed E-state index contributed by atoms with van der Waals surface area (Å²) in [5, 5.41) is 32.7. The van der Waals surface area contributed by atoms with E-state index in [0.29, 0.717) is 12.1 Å². The van der Waals surface area contributed by atoms with E-state index in [-0.39, 0.29) is 35.2 Å². The Hall–Kier alpha value is -3.87. The van der Waals surface area contributed by atoms with Gasteiger partial charge in [0, 0.05) is 17.6 Å². The summed E-state index contributed by atoms with van der Waals surface area (Å²) in [5.41, 5.74) is 1.75. The van der Waals surface area contributed by atoms with Crippen LogP contribution in [0.4, 0.5) is 26.5 Å². The molecule has 1 aromatic carbocycles. The van der Waals surface area contributed by atoms with Gasteiger partial charge in [0.1, 0.15) is 6.07 Å². The van der Waals surface area contributed by atoms with Crippen molar-refractivity contribution in [3.8, 4) is 6.07 Å². The van der Waals surface area contributed by atoms with Crippen molar-refractivity contribution in [3.05, 3.63) is 41.8 Å². The molecule has 0 saturated heterocycles. The van der Waals surface area contributed by atoms with E-state index in [4.69, 9.17) is 0 Å². The van der Waals surface area contributed by atoms with Crippen molar-refractivity contribution in [3.63, 3.8) is 0 Å². The lowest BCUT2D eigenvalue weighted by molar-refractivity contribution is 0.187. The fraction of sp³-hybridized carbons (Fsp3) is 0.391. The first-order valence-electron chi connectivity index (χ1n) is 11.0. The predicted molar refractivity (Wildman–Crippen MR) is 123 cm³/mol. The van der Waals surface area contributed by atoms with Crippen molar-refractivity contribution in [2.24, 2.45) is 5.92 Å². The number of anilines is 3. The van der Waals surface area contributed by atoms with Gasteiger partial charge >= 0.3 is 6.09 Å². The van der Waals surface area contributed by atoms with Crippen molar-refractivity contribution >= 4 is 34.3 Å². The number of nitriles is 1. The molecule has 0 unspecified atom stereocenters. The average molecular weight is 452 g/mol. The summed E-state index contributed by atoms with van der Waals surface area (Å²) in [5.74, 6) is -0.225. The number of pyridine rings is 1. The third kappa shape index (κ3) is 4.82. The van der Waals surface area contributed by atoms with Crippen LogP contribution in [0.25, 0.3) is 10.9 Å². The summed E-state index contributed by atoms with van der Waals surface area (Å²) in [6.45, 7) is 4.64. The van der Waals surface area contributed by atoms with Crippen molar-refractivity contribution in [1.29, 1.82) is 5.26 Å². The van der Waals surface area contributed by atoms with E-state index in [0.717, 1.165) is 36.4 Å². The van der Waals surface area contributed by atoms with Gasteiger partial charge in [0.25, 0.3) is 0 Å². The molecule has 4 rings (SSSR count). The summed E-state index contributed by atoms with van der Waals surface area (Å²) in [6.07, 6.45) is 3.07. The lowest BCUT2D eigenvalue weighted by atomic mass is 10.0. The molecule has 2 heterocycles. The molecule has 0 aliphatic heterocycles. The molecular weight excluding hydrogens is 425 g/mol. The number of aryl methyl sites for hydroxylation is 1. The van der Waals surface area contributed by atoms with Crippen LogP contribution in [-0.2, 0) is 6.54 Å². The third-order valence-electron chi connectivity index (χ3n) is 5.92. The van der Waals surface area contributed by atoms with Crippen LogP contribution in [0.1, 0.15) is 38.7 Å². The Morgan fingerprint density at radius 3 is 2.76 bits per heavy atom. The smallest absolute Gasteiger partial charge is 0.404 e. The van der Waals surface area contributed by atoms with E-state index in [2.05, 4.69) is 26.0 Å². The number of fused-ring (bicyclic) bond motifs is 1. The Morgan fingerprint density at radius 2 is 2.12 bits per heavy atom.